The molecule has 0 aliphatic rings. The van der Waals surface area contributed by atoms with Gasteiger partial charge in [-0.2, -0.15) is 0 Å². The van der Waals surface area contributed by atoms with E-state index in [2.05, 4.69) is 5.32 Å². The average Bonchev–Trinajstić information content (AvgIpc) is 2.95. The molecule has 3 rings (SSSR count). The van der Waals surface area contributed by atoms with Gasteiger partial charge in [0.1, 0.15) is 24.2 Å². The van der Waals surface area contributed by atoms with Gasteiger partial charge in [0.15, 0.2) is 0 Å². The van der Waals surface area contributed by atoms with Gasteiger partial charge in [0.05, 0.1) is 17.7 Å². The van der Waals surface area contributed by atoms with Gasteiger partial charge in [-0.25, -0.2) is 12.8 Å². The molecule has 2 amide bonds. The van der Waals surface area contributed by atoms with E-state index in [1.807, 2.05) is 13.8 Å². The lowest BCUT2D eigenvalue weighted by Crippen LogP contribution is -2.52. The van der Waals surface area contributed by atoms with Crippen molar-refractivity contribution in [2.75, 3.05) is 18.0 Å². The topological polar surface area (TPSA) is 96.0 Å². The van der Waals surface area contributed by atoms with E-state index in [9.17, 15) is 22.4 Å². The second-order valence-electron chi connectivity index (χ2n) is 9.27. The number of amides is 2. The summed E-state index contributed by atoms with van der Waals surface area (Å²) < 4.78 is 47.4. The molecule has 0 bridgehead atoms. The van der Waals surface area contributed by atoms with Gasteiger partial charge in [0.25, 0.3) is 10.0 Å². The highest BCUT2D eigenvalue weighted by Gasteiger charge is 2.33. The van der Waals surface area contributed by atoms with Crippen LogP contribution in [0.15, 0.2) is 77.7 Å². The minimum atomic E-state index is -4.29. The summed E-state index contributed by atoms with van der Waals surface area (Å²) in [4.78, 5) is 28.2. The van der Waals surface area contributed by atoms with Crippen molar-refractivity contribution in [3.05, 3.63) is 89.2 Å². The molecule has 0 unspecified atom stereocenters. The van der Waals surface area contributed by atoms with Gasteiger partial charge in [-0.15, -0.1) is 0 Å². The van der Waals surface area contributed by atoms with Crippen molar-refractivity contribution in [3.63, 3.8) is 0 Å². The van der Waals surface area contributed by atoms with Crippen molar-refractivity contribution < 1.29 is 27.1 Å². The van der Waals surface area contributed by atoms with Crippen LogP contribution in [0.1, 0.15) is 32.8 Å². The fourth-order valence-corrected chi connectivity index (χ4v) is 5.48. The summed E-state index contributed by atoms with van der Waals surface area (Å²) in [6.45, 7) is 4.67. The summed E-state index contributed by atoms with van der Waals surface area (Å²) in [6, 6.07) is 16.3. The number of methoxy groups -OCH3 is 1. The SMILES string of the molecule is CC[C@H](C)NC(=O)[C@H](C)N(Cc1ccccc1Cl)C(=O)CN(c1ccc(F)cc1)S(=O)(=O)c1ccc(OC)cc1. The number of hydrogen-bond donors (Lipinski definition) is 1. The van der Waals surface area contributed by atoms with E-state index < -0.39 is 34.3 Å². The molecule has 40 heavy (non-hydrogen) atoms. The summed E-state index contributed by atoms with van der Waals surface area (Å²) in [6.07, 6.45) is 0.690. The van der Waals surface area contributed by atoms with Crippen molar-refractivity contribution in [3.8, 4) is 5.75 Å². The van der Waals surface area contributed by atoms with Gasteiger partial charge in [0.2, 0.25) is 11.8 Å². The van der Waals surface area contributed by atoms with Crippen LogP contribution >= 0.6 is 11.6 Å². The maximum Gasteiger partial charge on any atom is 0.264 e. The molecule has 3 aromatic carbocycles. The largest absolute Gasteiger partial charge is 0.497 e. The summed E-state index contributed by atoms with van der Waals surface area (Å²) in [5, 5.41) is 3.27. The molecule has 214 valence electrons. The second-order valence-corrected chi connectivity index (χ2v) is 11.5. The van der Waals surface area contributed by atoms with Gasteiger partial charge in [-0.05, 0) is 80.4 Å². The number of nitrogens with one attached hydrogen (secondary N) is 1. The highest BCUT2D eigenvalue weighted by molar-refractivity contribution is 7.92. The molecule has 0 aliphatic carbocycles. The Morgan fingerprint density at radius 2 is 1.62 bits per heavy atom. The smallest absolute Gasteiger partial charge is 0.264 e. The standard InChI is InChI=1S/C29H33ClFN3O5S/c1-5-20(2)32-29(36)21(3)33(18-22-8-6-7-9-27(22)30)28(35)19-34(24-12-10-23(31)11-13-24)40(37,38)26-16-14-25(39-4)15-17-26/h6-17,20-21H,5,18-19H2,1-4H3,(H,32,36)/t20-,21-/m0/s1. The van der Waals surface area contributed by atoms with E-state index in [-0.39, 0.29) is 29.1 Å². The fourth-order valence-electron chi connectivity index (χ4n) is 3.87. The second kappa shape index (κ2) is 13.6. The maximum absolute atomic E-state index is 13.9. The third-order valence-corrected chi connectivity index (χ3v) is 8.66. The molecule has 0 spiro atoms. The summed E-state index contributed by atoms with van der Waals surface area (Å²) >= 11 is 6.37. The molecule has 0 radical (unpaired) electrons. The number of sulfonamides is 1. The lowest BCUT2D eigenvalue weighted by Gasteiger charge is -2.32. The minimum Gasteiger partial charge on any atom is -0.497 e. The number of carbonyl (C=O) groups excluding carboxylic acids is 2. The third-order valence-electron chi connectivity index (χ3n) is 6.51. The first kappa shape index (κ1) is 30.9. The molecule has 0 fully saturated rings. The zero-order chi connectivity index (χ0) is 29.4. The van der Waals surface area contributed by atoms with Crippen LogP contribution in [0.2, 0.25) is 5.02 Å². The zero-order valence-corrected chi connectivity index (χ0v) is 24.4. The predicted octanol–water partition coefficient (Wildman–Crippen LogP) is 5.02. The molecule has 0 aromatic heterocycles. The number of benzene rings is 3. The highest BCUT2D eigenvalue weighted by atomic mass is 35.5. The van der Waals surface area contributed by atoms with E-state index in [4.69, 9.17) is 16.3 Å². The molecular formula is C29H33ClFN3O5S. The first-order chi connectivity index (χ1) is 19.0. The molecule has 0 heterocycles. The van der Waals surface area contributed by atoms with Crippen LogP contribution in [-0.4, -0.2) is 50.9 Å². The Morgan fingerprint density at radius 1 is 1.00 bits per heavy atom. The number of halogens is 2. The lowest BCUT2D eigenvalue weighted by atomic mass is 10.1. The molecular weight excluding hydrogens is 557 g/mol. The van der Waals surface area contributed by atoms with Crippen LogP contribution in [0.3, 0.4) is 0 Å². The van der Waals surface area contributed by atoms with Gasteiger partial charge < -0.3 is 15.0 Å². The number of hydrogen-bond acceptors (Lipinski definition) is 5. The van der Waals surface area contributed by atoms with Crippen LogP contribution < -0.4 is 14.4 Å². The Labute approximate surface area is 239 Å². The Balaban J connectivity index is 2.03. The molecule has 0 saturated heterocycles. The number of carbonyl (C=O) groups is 2. The van der Waals surface area contributed by atoms with E-state index in [1.165, 1.54) is 48.4 Å². The molecule has 8 nitrogen and oxygen atoms in total. The normalized spacial score (nSPS) is 12.8. The number of rotatable bonds is 12. The quantitative estimate of drug-likeness (QED) is 0.320. The van der Waals surface area contributed by atoms with E-state index in [0.29, 0.717) is 22.8 Å². The maximum atomic E-state index is 13.9. The molecule has 3 aromatic rings. The first-order valence-electron chi connectivity index (χ1n) is 12.7. The molecule has 2 atom stereocenters. The van der Waals surface area contributed by atoms with Crippen molar-refractivity contribution in [1.29, 1.82) is 0 Å². The van der Waals surface area contributed by atoms with Crippen LogP contribution in [-0.2, 0) is 26.2 Å². The molecule has 11 heteroatoms. The summed E-state index contributed by atoms with van der Waals surface area (Å²) in [7, 11) is -2.83. The van der Waals surface area contributed by atoms with E-state index in [0.717, 1.165) is 16.4 Å². The fraction of sp³-hybridized carbons (Fsp3) is 0.310. The highest BCUT2D eigenvalue weighted by Crippen LogP contribution is 2.27. The van der Waals surface area contributed by atoms with Crippen LogP contribution in [0.5, 0.6) is 5.75 Å². The number of anilines is 1. The van der Waals surface area contributed by atoms with Crippen molar-refractivity contribution in [1.82, 2.24) is 10.2 Å². The lowest BCUT2D eigenvalue weighted by molar-refractivity contribution is -0.139. The van der Waals surface area contributed by atoms with Crippen LogP contribution in [0, 0.1) is 5.82 Å². The van der Waals surface area contributed by atoms with E-state index >= 15 is 0 Å². The van der Waals surface area contributed by atoms with Gasteiger partial charge in [-0.3, -0.25) is 13.9 Å². The van der Waals surface area contributed by atoms with Crippen LogP contribution in [0.4, 0.5) is 10.1 Å². The molecule has 1 N–H and O–H groups in total. The molecule has 0 aliphatic heterocycles. The van der Waals surface area contributed by atoms with Gasteiger partial charge in [0, 0.05) is 17.6 Å². The van der Waals surface area contributed by atoms with Crippen LogP contribution in [0.25, 0.3) is 0 Å². The number of ether oxygens (including phenoxy) is 1. The van der Waals surface area contributed by atoms with Crippen molar-refractivity contribution >= 4 is 39.1 Å². The Morgan fingerprint density at radius 3 is 2.20 bits per heavy atom. The predicted molar refractivity (Wildman–Crippen MR) is 153 cm³/mol. The monoisotopic (exact) mass is 589 g/mol. The molecule has 0 saturated carbocycles. The third kappa shape index (κ3) is 7.51. The van der Waals surface area contributed by atoms with E-state index in [1.54, 1.807) is 31.2 Å². The summed E-state index contributed by atoms with van der Waals surface area (Å²) in [5.74, 6) is -1.14. The van der Waals surface area contributed by atoms with Crippen molar-refractivity contribution in [2.24, 2.45) is 0 Å². The Kier molecular flexibility index (Phi) is 10.5. The first-order valence-corrected chi connectivity index (χ1v) is 14.5. The Bertz CT molecular complexity index is 1420. The van der Waals surface area contributed by atoms with Crippen molar-refractivity contribution in [2.45, 2.75) is 50.7 Å². The zero-order valence-electron chi connectivity index (χ0n) is 22.8. The average molecular weight is 590 g/mol. The summed E-state index contributed by atoms with van der Waals surface area (Å²) in [5.41, 5.74) is 0.673. The Hall–Kier alpha value is -3.63. The van der Waals surface area contributed by atoms with Gasteiger partial charge in [-0.1, -0.05) is 36.7 Å². The van der Waals surface area contributed by atoms with Gasteiger partial charge >= 0.3 is 0 Å². The minimum absolute atomic E-state index is 0.0343. The number of nitrogens with zero attached hydrogens (tertiary/aromatic N) is 2.